The van der Waals surface area contributed by atoms with E-state index in [1.807, 2.05) is 0 Å². The lowest BCUT2D eigenvalue weighted by Crippen LogP contribution is -1.82. The first-order chi connectivity index (χ1) is 6.41. The molecule has 78 valence electrons. The van der Waals surface area contributed by atoms with Crippen LogP contribution in [0.5, 0.6) is 0 Å². The van der Waals surface area contributed by atoms with Crippen LogP contribution in [0.1, 0.15) is 58.3 Å². The molecule has 0 unspecified atom stereocenters. The Kier molecular flexibility index (Phi) is 11.4. The average molecular weight is 184 g/mol. The third-order valence-electron chi connectivity index (χ3n) is 2.17. The van der Waals surface area contributed by atoms with Crippen molar-refractivity contribution in [2.45, 2.75) is 58.3 Å². The van der Waals surface area contributed by atoms with Gasteiger partial charge in [-0.3, -0.25) is 0 Å². The Hall–Kier alpha value is -0.300. The molecule has 1 heteroatoms. The highest BCUT2D eigenvalue weighted by molar-refractivity contribution is 4.80. The molecule has 0 fully saturated rings. The van der Waals surface area contributed by atoms with Gasteiger partial charge in [-0.25, -0.2) is 0 Å². The number of allylic oxidation sites excluding steroid dienone is 2. The summed E-state index contributed by atoms with van der Waals surface area (Å²) < 4.78 is 0. The van der Waals surface area contributed by atoms with Gasteiger partial charge < -0.3 is 5.11 Å². The number of aliphatic hydroxyl groups excluding tert-OH is 1. The van der Waals surface area contributed by atoms with E-state index in [2.05, 4.69) is 19.1 Å². The second-order valence-electron chi connectivity index (χ2n) is 3.54. The summed E-state index contributed by atoms with van der Waals surface area (Å²) in [6, 6.07) is 0. The molecule has 0 aromatic rings. The lowest BCUT2D eigenvalue weighted by atomic mass is 10.1. The van der Waals surface area contributed by atoms with Crippen molar-refractivity contribution >= 4 is 0 Å². The predicted molar refractivity (Wildman–Crippen MR) is 58.8 cm³/mol. The van der Waals surface area contributed by atoms with Gasteiger partial charge >= 0.3 is 0 Å². The summed E-state index contributed by atoms with van der Waals surface area (Å²) in [6.07, 6.45) is 14.4. The molecular weight excluding hydrogens is 160 g/mol. The zero-order valence-electron chi connectivity index (χ0n) is 8.97. The Morgan fingerprint density at radius 2 is 1.46 bits per heavy atom. The van der Waals surface area contributed by atoms with Crippen LogP contribution in [0.2, 0.25) is 0 Å². The number of hydrogen-bond acceptors (Lipinski definition) is 1. The molecule has 0 saturated carbocycles. The van der Waals surface area contributed by atoms with Crippen LogP contribution in [-0.2, 0) is 0 Å². The van der Waals surface area contributed by atoms with E-state index in [9.17, 15) is 0 Å². The molecule has 0 amide bonds. The van der Waals surface area contributed by atoms with E-state index in [0.29, 0.717) is 6.61 Å². The van der Waals surface area contributed by atoms with Crippen LogP contribution < -0.4 is 0 Å². The van der Waals surface area contributed by atoms with Crippen LogP contribution in [0, 0.1) is 0 Å². The number of aliphatic hydroxyl groups is 1. The fraction of sp³-hybridized carbons (Fsp3) is 0.833. The van der Waals surface area contributed by atoms with Gasteiger partial charge in [0.2, 0.25) is 0 Å². The molecule has 1 N–H and O–H groups in total. The topological polar surface area (TPSA) is 20.2 Å². The van der Waals surface area contributed by atoms with Crippen molar-refractivity contribution in [1.82, 2.24) is 0 Å². The van der Waals surface area contributed by atoms with Crippen LogP contribution in [0.15, 0.2) is 12.2 Å². The summed E-state index contributed by atoms with van der Waals surface area (Å²) in [5.41, 5.74) is 0. The summed E-state index contributed by atoms with van der Waals surface area (Å²) in [5, 5.41) is 8.55. The predicted octanol–water partition coefficient (Wildman–Crippen LogP) is 3.68. The Morgan fingerprint density at radius 3 is 2.08 bits per heavy atom. The SMILES string of the molecule is CCCC/C=C\CCCCCCO. The van der Waals surface area contributed by atoms with Gasteiger partial charge in [-0.05, 0) is 25.7 Å². The van der Waals surface area contributed by atoms with Crippen LogP contribution in [0.25, 0.3) is 0 Å². The molecule has 0 spiro atoms. The van der Waals surface area contributed by atoms with Crippen molar-refractivity contribution in [1.29, 1.82) is 0 Å². The zero-order chi connectivity index (χ0) is 9.78. The van der Waals surface area contributed by atoms with E-state index >= 15 is 0 Å². The van der Waals surface area contributed by atoms with Gasteiger partial charge in [-0.15, -0.1) is 0 Å². The smallest absolute Gasteiger partial charge is 0.0431 e. The van der Waals surface area contributed by atoms with Crippen LogP contribution in [-0.4, -0.2) is 11.7 Å². The zero-order valence-corrected chi connectivity index (χ0v) is 8.97. The Bertz CT molecular complexity index is 108. The second-order valence-corrected chi connectivity index (χ2v) is 3.54. The van der Waals surface area contributed by atoms with E-state index < -0.39 is 0 Å². The molecule has 0 aliphatic rings. The Morgan fingerprint density at radius 1 is 0.846 bits per heavy atom. The molecular formula is C12H24O. The van der Waals surface area contributed by atoms with Crippen LogP contribution in [0.4, 0.5) is 0 Å². The van der Waals surface area contributed by atoms with Crippen molar-refractivity contribution in [2.75, 3.05) is 6.61 Å². The fourth-order valence-corrected chi connectivity index (χ4v) is 1.29. The monoisotopic (exact) mass is 184 g/mol. The van der Waals surface area contributed by atoms with Crippen molar-refractivity contribution in [3.05, 3.63) is 12.2 Å². The number of unbranched alkanes of at least 4 members (excludes halogenated alkanes) is 6. The third-order valence-corrected chi connectivity index (χ3v) is 2.17. The number of rotatable bonds is 9. The van der Waals surface area contributed by atoms with E-state index in [1.54, 1.807) is 0 Å². The van der Waals surface area contributed by atoms with Crippen molar-refractivity contribution in [3.63, 3.8) is 0 Å². The summed E-state index contributed by atoms with van der Waals surface area (Å²) in [4.78, 5) is 0. The standard InChI is InChI=1S/C12H24O/c1-2-3-4-5-6-7-8-9-10-11-12-13/h5-6,13H,2-4,7-12H2,1H3/b6-5-. The molecule has 0 radical (unpaired) electrons. The molecule has 0 aliphatic heterocycles. The quantitative estimate of drug-likeness (QED) is 0.428. The van der Waals surface area contributed by atoms with Gasteiger partial charge in [0.15, 0.2) is 0 Å². The van der Waals surface area contributed by atoms with Crippen LogP contribution >= 0.6 is 0 Å². The van der Waals surface area contributed by atoms with E-state index in [-0.39, 0.29) is 0 Å². The minimum atomic E-state index is 0.354. The van der Waals surface area contributed by atoms with Gasteiger partial charge in [0.1, 0.15) is 0 Å². The fourth-order valence-electron chi connectivity index (χ4n) is 1.29. The maximum Gasteiger partial charge on any atom is 0.0431 e. The minimum absolute atomic E-state index is 0.354. The molecule has 0 atom stereocenters. The highest BCUT2D eigenvalue weighted by atomic mass is 16.2. The molecule has 13 heavy (non-hydrogen) atoms. The van der Waals surface area contributed by atoms with Gasteiger partial charge in [-0.1, -0.05) is 44.8 Å². The third kappa shape index (κ3) is 11.7. The lowest BCUT2D eigenvalue weighted by Gasteiger charge is -1.95. The van der Waals surface area contributed by atoms with Crippen molar-refractivity contribution < 1.29 is 5.11 Å². The molecule has 1 nitrogen and oxygen atoms in total. The van der Waals surface area contributed by atoms with Gasteiger partial charge in [-0.2, -0.15) is 0 Å². The largest absolute Gasteiger partial charge is 0.396 e. The average Bonchev–Trinajstić information content (AvgIpc) is 2.16. The van der Waals surface area contributed by atoms with E-state index in [4.69, 9.17) is 5.11 Å². The molecule has 0 saturated heterocycles. The molecule has 0 rings (SSSR count). The first-order valence-electron chi connectivity index (χ1n) is 5.67. The van der Waals surface area contributed by atoms with Gasteiger partial charge in [0.25, 0.3) is 0 Å². The highest BCUT2D eigenvalue weighted by Gasteiger charge is 1.86. The Balaban J connectivity index is 2.93. The van der Waals surface area contributed by atoms with Gasteiger partial charge in [0, 0.05) is 6.61 Å². The maximum atomic E-state index is 8.55. The Labute approximate surface area is 82.9 Å². The van der Waals surface area contributed by atoms with E-state index in [0.717, 1.165) is 6.42 Å². The summed E-state index contributed by atoms with van der Waals surface area (Å²) in [6.45, 7) is 2.58. The second kappa shape index (κ2) is 11.7. The first kappa shape index (κ1) is 12.7. The summed E-state index contributed by atoms with van der Waals surface area (Å²) in [5.74, 6) is 0. The van der Waals surface area contributed by atoms with Gasteiger partial charge in [0.05, 0.1) is 0 Å². The summed E-state index contributed by atoms with van der Waals surface area (Å²) in [7, 11) is 0. The first-order valence-corrected chi connectivity index (χ1v) is 5.67. The minimum Gasteiger partial charge on any atom is -0.396 e. The molecule has 0 aromatic heterocycles. The van der Waals surface area contributed by atoms with Crippen molar-refractivity contribution in [2.24, 2.45) is 0 Å². The van der Waals surface area contributed by atoms with Crippen molar-refractivity contribution in [3.8, 4) is 0 Å². The number of hydrogen-bond donors (Lipinski definition) is 1. The molecule has 0 aromatic carbocycles. The lowest BCUT2D eigenvalue weighted by molar-refractivity contribution is 0.282. The summed E-state index contributed by atoms with van der Waals surface area (Å²) >= 11 is 0. The molecule has 0 heterocycles. The van der Waals surface area contributed by atoms with Crippen LogP contribution in [0.3, 0.4) is 0 Å². The highest BCUT2D eigenvalue weighted by Crippen LogP contribution is 2.04. The molecule has 0 bridgehead atoms. The maximum absolute atomic E-state index is 8.55. The van der Waals surface area contributed by atoms with E-state index in [1.165, 1.54) is 44.9 Å². The molecule has 0 aliphatic carbocycles. The normalized spacial score (nSPS) is 11.2.